The molecule has 0 aliphatic carbocycles. The van der Waals surface area contributed by atoms with E-state index >= 15 is 0 Å². The first-order valence-electron chi connectivity index (χ1n) is 7.02. The molecule has 0 aliphatic heterocycles. The fourth-order valence-corrected chi connectivity index (χ4v) is 1.93. The first kappa shape index (κ1) is 14.9. The van der Waals surface area contributed by atoms with Crippen molar-refractivity contribution in [2.75, 3.05) is 30.4 Å². The third kappa shape index (κ3) is 4.52. The van der Waals surface area contributed by atoms with Crippen molar-refractivity contribution in [3.63, 3.8) is 0 Å². The molecule has 2 rings (SSSR count). The van der Waals surface area contributed by atoms with Crippen LogP contribution in [0.5, 0.6) is 0 Å². The minimum atomic E-state index is -0.216. The number of aryl methyl sites for hydroxylation is 1. The van der Waals surface area contributed by atoms with Gasteiger partial charge in [-0.25, -0.2) is 4.79 Å². The summed E-state index contributed by atoms with van der Waals surface area (Å²) in [6.45, 7) is 4.09. The molecule has 0 saturated carbocycles. The molecule has 1 heterocycles. The van der Waals surface area contributed by atoms with Crippen LogP contribution < -0.4 is 15.5 Å². The highest BCUT2D eigenvalue weighted by molar-refractivity contribution is 5.88. The van der Waals surface area contributed by atoms with Crippen LogP contribution in [0.1, 0.15) is 6.92 Å². The standard InChI is InChI=1S/C15H21N5O/c1-3-20-12-13(11-17-20)18-15(21)16-9-10-19(2)14-7-5-4-6-8-14/h4-8,11-12H,3,9-10H2,1-2H3,(H2,16,18,21). The number of hydrogen-bond donors (Lipinski definition) is 2. The third-order valence-corrected chi connectivity index (χ3v) is 3.14. The minimum Gasteiger partial charge on any atom is -0.373 e. The van der Waals surface area contributed by atoms with Crippen molar-refractivity contribution in [3.05, 3.63) is 42.7 Å². The number of carbonyl (C=O) groups excluding carboxylic acids is 1. The predicted molar refractivity (Wildman–Crippen MR) is 84.6 cm³/mol. The Labute approximate surface area is 124 Å². The molecule has 0 atom stereocenters. The predicted octanol–water partition coefficient (Wildman–Crippen LogP) is 2.16. The monoisotopic (exact) mass is 287 g/mol. The van der Waals surface area contributed by atoms with Crippen molar-refractivity contribution >= 4 is 17.4 Å². The van der Waals surface area contributed by atoms with Crippen LogP contribution in [0.3, 0.4) is 0 Å². The van der Waals surface area contributed by atoms with Gasteiger partial charge in [-0.2, -0.15) is 5.10 Å². The molecule has 0 unspecified atom stereocenters. The number of urea groups is 1. The summed E-state index contributed by atoms with van der Waals surface area (Å²) < 4.78 is 1.76. The smallest absolute Gasteiger partial charge is 0.319 e. The van der Waals surface area contributed by atoms with E-state index in [4.69, 9.17) is 0 Å². The second-order valence-electron chi connectivity index (χ2n) is 4.72. The summed E-state index contributed by atoms with van der Waals surface area (Å²) in [6.07, 6.45) is 3.44. The fraction of sp³-hybridized carbons (Fsp3) is 0.333. The summed E-state index contributed by atoms with van der Waals surface area (Å²) in [5, 5.41) is 9.69. The van der Waals surface area contributed by atoms with E-state index in [1.807, 2.05) is 44.3 Å². The first-order chi connectivity index (χ1) is 10.2. The molecular formula is C15H21N5O. The van der Waals surface area contributed by atoms with Gasteiger partial charge in [0.05, 0.1) is 11.9 Å². The lowest BCUT2D eigenvalue weighted by molar-refractivity contribution is 0.252. The number of nitrogens with one attached hydrogen (secondary N) is 2. The normalized spacial score (nSPS) is 10.2. The van der Waals surface area contributed by atoms with Gasteiger partial charge in [0.25, 0.3) is 0 Å². The van der Waals surface area contributed by atoms with E-state index in [0.29, 0.717) is 12.2 Å². The van der Waals surface area contributed by atoms with E-state index in [1.165, 1.54) is 0 Å². The lowest BCUT2D eigenvalue weighted by Gasteiger charge is -2.19. The molecule has 0 fully saturated rings. The number of amides is 2. The first-order valence-corrected chi connectivity index (χ1v) is 7.02. The Morgan fingerprint density at radius 2 is 2.10 bits per heavy atom. The molecule has 2 aromatic rings. The van der Waals surface area contributed by atoms with Crippen LogP contribution in [-0.4, -0.2) is 35.9 Å². The zero-order chi connectivity index (χ0) is 15.1. The molecule has 0 saturated heterocycles. The van der Waals surface area contributed by atoms with Crippen molar-refractivity contribution in [2.45, 2.75) is 13.5 Å². The Balaban J connectivity index is 1.72. The van der Waals surface area contributed by atoms with E-state index in [2.05, 4.69) is 20.6 Å². The summed E-state index contributed by atoms with van der Waals surface area (Å²) >= 11 is 0. The molecular weight excluding hydrogens is 266 g/mol. The van der Waals surface area contributed by atoms with E-state index in [-0.39, 0.29) is 6.03 Å². The Morgan fingerprint density at radius 1 is 1.33 bits per heavy atom. The Kier molecular flexibility index (Phi) is 5.20. The molecule has 6 heteroatoms. The van der Waals surface area contributed by atoms with Crippen LogP contribution in [0.25, 0.3) is 0 Å². The molecule has 0 radical (unpaired) electrons. The Bertz CT molecular complexity index is 566. The van der Waals surface area contributed by atoms with Crippen LogP contribution in [0, 0.1) is 0 Å². The zero-order valence-electron chi connectivity index (χ0n) is 12.4. The highest BCUT2D eigenvalue weighted by atomic mass is 16.2. The summed E-state index contributed by atoms with van der Waals surface area (Å²) in [5.74, 6) is 0. The van der Waals surface area contributed by atoms with Crippen molar-refractivity contribution < 1.29 is 4.79 Å². The number of nitrogens with zero attached hydrogens (tertiary/aromatic N) is 3. The molecule has 112 valence electrons. The Morgan fingerprint density at radius 3 is 2.76 bits per heavy atom. The molecule has 2 N–H and O–H groups in total. The van der Waals surface area contributed by atoms with Gasteiger partial charge >= 0.3 is 6.03 Å². The summed E-state index contributed by atoms with van der Waals surface area (Å²) in [6, 6.07) is 9.85. The topological polar surface area (TPSA) is 62.2 Å². The molecule has 0 bridgehead atoms. The van der Waals surface area contributed by atoms with Gasteiger partial charge in [0.2, 0.25) is 0 Å². The van der Waals surface area contributed by atoms with E-state index in [0.717, 1.165) is 18.8 Å². The van der Waals surface area contributed by atoms with Crippen molar-refractivity contribution in [3.8, 4) is 0 Å². The molecule has 2 amide bonds. The lowest BCUT2D eigenvalue weighted by atomic mass is 10.3. The molecule has 1 aromatic heterocycles. The summed E-state index contributed by atoms with van der Waals surface area (Å²) in [7, 11) is 2.00. The highest BCUT2D eigenvalue weighted by Gasteiger charge is 2.04. The molecule has 0 aliphatic rings. The number of aromatic nitrogens is 2. The van der Waals surface area contributed by atoms with E-state index in [9.17, 15) is 4.79 Å². The van der Waals surface area contributed by atoms with Gasteiger partial charge in [0, 0.05) is 38.6 Å². The average molecular weight is 287 g/mol. The van der Waals surface area contributed by atoms with Crippen LogP contribution in [0.15, 0.2) is 42.7 Å². The van der Waals surface area contributed by atoms with Crippen molar-refractivity contribution in [2.24, 2.45) is 0 Å². The number of carbonyl (C=O) groups is 1. The van der Waals surface area contributed by atoms with Gasteiger partial charge in [0.1, 0.15) is 0 Å². The van der Waals surface area contributed by atoms with Crippen molar-refractivity contribution in [1.29, 1.82) is 0 Å². The Hall–Kier alpha value is -2.50. The number of likely N-dealkylation sites (N-methyl/N-ethyl adjacent to an activating group) is 1. The third-order valence-electron chi connectivity index (χ3n) is 3.14. The maximum Gasteiger partial charge on any atom is 0.319 e. The van der Waals surface area contributed by atoms with E-state index < -0.39 is 0 Å². The van der Waals surface area contributed by atoms with Gasteiger partial charge in [-0.15, -0.1) is 0 Å². The van der Waals surface area contributed by atoms with Crippen LogP contribution in [0.4, 0.5) is 16.2 Å². The SMILES string of the molecule is CCn1cc(NC(=O)NCCN(C)c2ccccc2)cn1. The maximum absolute atomic E-state index is 11.8. The fourth-order valence-electron chi connectivity index (χ4n) is 1.93. The van der Waals surface area contributed by atoms with E-state index in [1.54, 1.807) is 17.1 Å². The number of para-hydroxylation sites is 1. The molecule has 0 spiro atoms. The largest absolute Gasteiger partial charge is 0.373 e. The summed E-state index contributed by atoms with van der Waals surface area (Å²) in [4.78, 5) is 13.8. The van der Waals surface area contributed by atoms with Gasteiger partial charge < -0.3 is 15.5 Å². The van der Waals surface area contributed by atoms with Crippen LogP contribution in [0.2, 0.25) is 0 Å². The molecule has 1 aromatic carbocycles. The number of rotatable bonds is 6. The van der Waals surface area contributed by atoms with Crippen LogP contribution >= 0.6 is 0 Å². The second-order valence-corrected chi connectivity index (χ2v) is 4.72. The van der Waals surface area contributed by atoms with Crippen LogP contribution in [-0.2, 0) is 6.54 Å². The molecule has 21 heavy (non-hydrogen) atoms. The number of anilines is 2. The number of benzene rings is 1. The number of hydrogen-bond acceptors (Lipinski definition) is 3. The van der Waals surface area contributed by atoms with Gasteiger partial charge in [0.15, 0.2) is 0 Å². The molecule has 6 nitrogen and oxygen atoms in total. The zero-order valence-corrected chi connectivity index (χ0v) is 12.4. The summed E-state index contributed by atoms with van der Waals surface area (Å²) in [5.41, 5.74) is 1.83. The lowest BCUT2D eigenvalue weighted by Crippen LogP contribution is -2.35. The van der Waals surface area contributed by atoms with Gasteiger partial charge in [-0.05, 0) is 19.1 Å². The minimum absolute atomic E-state index is 0.216. The highest BCUT2D eigenvalue weighted by Crippen LogP contribution is 2.09. The second kappa shape index (κ2) is 7.33. The maximum atomic E-state index is 11.8. The van der Waals surface area contributed by atoms with Crippen molar-refractivity contribution in [1.82, 2.24) is 15.1 Å². The van der Waals surface area contributed by atoms with Gasteiger partial charge in [-0.3, -0.25) is 4.68 Å². The average Bonchev–Trinajstić information content (AvgIpc) is 2.95. The van der Waals surface area contributed by atoms with Gasteiger partial charge in [-0.1, -0.05) is 18.2 Å². The quantitative estimate of drug-likeness (QED) is 0.856.